The number of aryl methyl sites for hydroxylation is 1. The summed E-state index contributed by atoms with van der Waals surface area (Å²) >= 11 is 0. The Labute approximate surface area is 276 Å². The predicted octanol–water partition coefficient (Wildman–Crippen LogP) is 4.39. The number of methoxy groups -OCH3 is 1. The molecule has 9 unspecified atom stereocenters. The van der Waals surface area contributed by atoms with E-state index in [0.29, 0.717) is 0 Å². The largest absolute Gasteiger partial charge is 0.507 e. The third-order valence-electron chi connectivity index (χ3n) is 9.90. The molecule has 2 heterocycles. The van der Waals surface area contributed by atoms with Crippen LogP contribution in [0, 0.1) is 36.5 Å². The van der Waals surface area contributed by atoms with E-state index in [-0.39, 0.29) is 44.7 Å². The van der Waals surface area contributed by atoms with Crippen molar-refractivity contribution in [3.05, 3.63) is 75.0 Å². The van der Waals surface area contributed by atoms with Gasteiger partial charge in [-0.3, -0.25) is 19.2 Å². The highest BCUT2D eigenvalue weighted by Crippen LogP contribution is 2.37. The molecule has 0 saturated carbocycles. The number of carbonyl (C=O) groups excluding carboxylic acids is 4. The van der Waals surface area contributed by atoms with Crippen LogP contribution in [0.5, 0.6) is 5.75 Å². The number of hydrogen-bond acceptors (Lipinski definition) is 9. The lowest BCUT2D eigenvalue weighted by Gasteiger charge is -2.38. The van der Waals surface area contributed by atoms with Gasteiger partial charge in [-0.1, -0.05) is 58.9 Å². The van der Waals surface area contributed by atoms with Crippen molar-refractivity contribution in [3.63, 3.8) is 0 Å². The van der Waals surface area contributed by atoms with Gasteiger partial charge in [-0.15, -0.1) is 0 Å². The average Bonchev–Trinajstić information content (AvgIpc) is 3.03. The summed E-state index contributed by atoms with van der Waals surface area (Å²) in [5, 5.41) is 47.4. The summed E-state index contributed by atoms with van der Waals surface area (Å²) in [5.74, 6) is -5.74. The zero-order valence-electron chi connectivity index (χ0n) is 28.9. The number of ketones is 3. The minimum Gasteiger partial charge on any atom is -0.507 e. The lowest BCUT2D eigenvalue weighted by molar-refractivity contribution is -0.116. The highest BCUT2D eigenvalue weighted by atomic mass is 16.5. The SMILES string of the molecule is COC1C(C)C(O)C(C)/C=C(/C)C(=O)c2c(O)c(C)cc3c2C(=O)C(C)=C(NC(=O)/C(C)=C\C=C/C(C)C(O)C(C)C(O)C1C)C3=O. The van der Waals surface area contributed by atoms with Crippen LogP contribution in [0.25, 0.3) is 0 Å². The van der Waals surface area contributed by atoms with Gasteiger partial charge in [0, 0.05) is 59.0 Å². The predicted molar refractivity (Wildman–Crippen MR) is 178 cm³/mol. The number of hydrogen-bond donors (Lipinski definition) is 5. The van der Waals surface area contributed by atoms with Crippen LogP contribution in [0.4, 0.5) is 0 Å². The molecule has 2 aliphatic heterocycles. The normalized spacial score (nSPS) is 34.8. The van der Waals surface area contributed by atoms with Crippen molar-refractivity contribution in [1.29, 1.82) is 0 Å². The summed E-state index contributed by atoms with van der Waals surface area (Å²) in [6.45, 7) is 14.7. The second-order valence-electron chi connectivity index (χ2n) is 13.3. The lowest BCUT2D eigenvalue weighted by Crippen LogP contribution is -2.46. The summed E-state index contributed by atoms with van der Waals surface area (Å²) in [4.78, 5) is 54.5. The Bertz CT molecular complexity index is 1570. The summed E-state index contributed by atoms with van der Waals surface area (Å²) in [6, 6.07) is 1.33. The van der Waals surface area contributed by atoms with E-state index in [2.05, 4.69) is 5.32 Å². The van der Waals surface area contributed by atoms with Gasteiger partial charge in [0.15, 0.2) is 11.6 Å². The van der Waals surface area contributed by atoms with Gasteiger partial charge < -0.3 is 30.5 Å². The van der Waals surface area contributed by atoms with Crippen molar-refractivity contribution >= 4 is 23.3 Å². The van der Waals surface area contributed by atoms with E-state index in [1.165, 1.54) is 46.9 Å². The summed E-state index contributed by atoms with van der Waals surface area (Å²) in [6.07, 6.45) is 2.74. The van der Waals surface area contributed by atoms with Gasteiger partial charge in [-0.05, 0) is 44.9 Å². The van der Waals surface area contributed by atoms with E-state index in [9.17, 15) is 39.6 Å². The molecule has 0 radical (unpaired) electrons. The average molecular weight is 652 g/mol. The number of phenols is 1. The second kappa shape index (κ2) is 15.0. The zero-order valence-corrected chi connectivity index (χ0v) is 28.9. The third-order valence-corrected chi connectivity index (χ3v) is 9.90. The van der Waals surface area contributed by atoms with Crippen LogP contribution in [0.15, 0.2) is 52.8 Å². The van der Waals surface area contributed by atoms with E-state index in [0.717, 1.165) is 0 Å². The van der Waals surface area contributed by atoms with Gasteiger partial charge in [-0.25, -0.2) is 0 Å². The molecule has 0 fully saturated rings. The molecule has 5 N–H and O–H groups in total. The number of nitrogens with one attached hydrogen (secondary N) is 1. The topological polar surface area (TPSA) is 170 Å². The highest BCUT2D eigenvalue weighted by molar-refractivity contribution is 6.31. The Morgan fingerprint density at radius 3 is 1.89 bits per heavy atom. The molecular formula is C37H49NO9. The van der Waals surface area contributed by atoms with E-state index >= 15 is 0 Å². The Hall–Kier alpha value is -3.70. The molecule has 3 aliphatic rings. The molecule has 256 valence electrons. The molecule has 0 saturated heterocycles. The number of fused-ring (bicyclic) bond motifs is 15. The Balaban J connectivity index is 2.22. The first-order chi connectivity index (χ1) is 21.9. The van der Waals surface area contributed by atoms with E-state index in [1.54, 1.807) is 52.8 Å². The van der Waals surface area contributed by atoms with Crippen LogP contribution >= 0.6 is 0 Å². The maximum absolute atomic E-state index is 13.9. The van der Waals surface area contributed by atoms with E-state index in [4.69, 9.17) is 4.74 Å². The van der Waals surface area contributed by atoms with Crippen LogP contribution < -0.4 is 5.32 Å². The number of aliphatic hydroxyl groups is 3. The molecule has 4 rings (SSSR count). The molecule has 1 aliphatic carbocycles. The number of Topliss-reactive ketones (excluding diaryl/α,β-unsaturated/α-hetero) is 3. The number of rotatable bonds is 1. The minimum absolute atomic E-state index is 0.0850. The van der Waals surface area contributed by atoms with Gasteiger partial charge >= 0.3 is 0 Å². The minimum atomic E-state index is -1.03. The van der Waals surface area contributed by atoms with Gasteiger partial charge in [0.25, 0.3) is 5.91 Å². The van der Waals surface area contributed by atoms with Crippen molar-refractivity contribution in [2.45, 2.75) is 86.7 Å². The van der Waals surface area contributed by atoms with Crippen LogP contribution in [0.2, 0.25) is 0 Å². The summed E-state index contributed by atoms with van der Waals surface area (Å²) < 4.78 is 5.76. The molecule has 9 atom stereocenters. The highest BCUT2D eigenvalue weighted by Gasteiger charge is 2.40. The molecule has 0 spiro atoms. The first-order valence-electron chi connectivity index (χ1n) is 16.0. The maximum Gasteiger partial charge on any atom is 0.251 e. The fourth-order valence-corrected chi connectivity index (χ4v) is 6.68. The van der Waals surface area contributed by atoms with E-state index < -0.39 is 83.0 Å². The molecule has 4 bridgehead atoms. The van der Waals surface area contributed by atoms with Gasteiger partial charge in [0.2, 0.25) is 5.78 Å². The number of aromatic hydroxyl groups is 1. The van der Waals surface area contributed by atoms with Crippen LogP contribution in [-0.2, 0) is 9.53 Å². The Kier molecular flexibility index (Phi) is 12.1. The van der Waals surface area contributed by atoms with Gasteiger partial charge in [0.1, 0.15) is 5.75 Å². The monoisotopic (exact) mass is 651 g/mol. The Morgan fingerprint density at radius 2 is 1.30 bits per heavy atom. The van der Waals surface area contributed by atoms with Crippen molar-refractivity contribution < 1.29 is 44.3 Å². The number of amides is 1. The Morgan fingerprint density at radius 1 is 0.723 bits per heavy atom. The molecule has 1 aromatic rings. The number of ether oxygens (including phenoxy) is 1. The van der Waals surface area contributed by atoms with Crippen LogP contribution in [-0.4, -0.2) is 75.2 Å². The number of benzene rings is 1. The van der Waals surface area contributed by atoms with Gasteiger partial charge in [-0.2, -0.15) is 0 Å². The fourth-order valence-electron chi connectivity index (χ4n) is 6.68. The molecule has 1 aromatic carbocycles. The van der Waals surface area contributed by atoms with Crippen LogP contribution in [0.3, 0.4) is 0 Å². The molecule has 10 nitrogen and oxygen atoms in total. The number of allylic oxidation sites excluding steroid dienone is 5. The maximum atomic E-state index is 13.9. The quantitative estimate of drug-likeness (QED) is 0.295. The third kappa shape index (κ3) is 7.41. The smallest absolute Gasteiger partial charge is 0.251 e. The van der Waals surface area contributed by atoms with Crippen molar-refractivity contribution in [3.8, 4) is 5.75 Å². The summed E-state index contributed by atoms with van der Waals surface area (Å²) in [5.41, 5.74) is -0.442. The first kappa shape index (κ1) is 37.8. The van der Waals surface area contributed by atoms with Gasteiger partial charge in [0.05, 0.1) is 35.7 Å². The van der Waals surface area contributed by atoms with E-state index in [1.807, 2.05) is 0 Å². The molecule has 47 heavy (non-hydrogen) atoms. The fraction of sp³-hybridized carbons (Fsp3) is 0.514. The number of carbonyl (C=O) groups is 4. The first-order valence-corrected chi connectivity index (χ1v) is 16.0. The van der Waals surface area contributed by atoms with Crippen molar-refractivity contribution in [1.82, 2.24) is 5.32 Å². The number of phenolic OH excluding ortho intramolecular Hbond substituents is 1. The second-order valence-corrected chi connectivity index (χ2v) is 13.3. The van der Waals surface area contributed by atoms with Crippen molar-refractivity contribution in [2.24, 2.45) is 29.6 Å². The lowest BCUT2D eigenvalue weighted by atomic mass is 9.76. The van der Waals surface area contributed by atoms with Crippen LogP contribution in [0.1, 0.15) is 92.0 Å². The molecule has 1 amide bonds. The molecule has 0 aromatic heterocycles. The molecule has 10 heteroatoms. The molecular weight excluding hydrogens is 602 g/mol. The zero-order chi connectivity index (χ0) is 35.7. The number of aliphatic hydroxyl groups excluding tert-OH is 3. The van der Waals surface area contributed by atoms with Crippen molar-refractivity contribution in [2.75, 3.05) is 7.11 Å². The standard InChI is InChI=1S/C37H49NO9/c1-16-12-11-13-17(2)37(46)38-28-21(6)34(44)26-25(35(28)45)15-20(5)32(42)27(26)31(41)19(4)14-18(3)30(40)23(8)36(47-10)24(9)33(43)22(7)29(16)39/h11-16,18,22-24,29-30,33,36,39-40,42-43H,1-10H3,(H,38,46)/b12-11-,17-13-,19-14-. The summed E-state index contributed by atoms with van der Waals surface area (Å²) in [7, 11) is 1.49.